The second-order valence-corrected chi connectivity index (χ2v) is 5.13. The number of hydrogen-bond donors (Lipinski definition) is 1. The molecule has 132 valence electrons. The Morgan fingerprint density at radius 2 is 1.74 bits per heavy atom. The average Bonchev–Trinajstić information content (AvgIpc) is 2.44. The highest BCUT2D eigenvalue weighted by molar-refractivity contribution is 5.85. The molecule has 1 saturated heterocycles. The molecule has 0 amide bonds. The molecule has 1 aromatic rings. The van der Waals surface area contributed by atoms with Crippen molar-refractivity contribution in [2.75, 3.05) is 26.2 Å². The number of piperazine rings is 1. The molecule has 1 atom stereocenters. The molecule has 23 heavy (non-hydrogen) atoms. The Bertz CT molecular complexity index is 503. The zero-order valence-electron chi connectivity index (χ0n) is 12.0. The number of benzene rings is 1. The highest BCUT2D eigenvalue weighted by Crippen LogP contribution is 2.39. The topological polar surface area (TPSA) is 15.3 Å². The first-order chi connectivity index (χ1) is 10.3. The zero-order valence-corrected chi connectivity index (χ0v) is 12.9. The Morgan fingerprint density at radius 3 is 2.26 bits per heavy atom. The number of halogens is 7. The average molecular weight is 363 g/mol. The lowest BCUT2D eigenvalue weighted by atomic mass is 9.95. The van der Waals surface area contributed by atoms with Gasteiger partial charge in [-0.2, -0.15) is 13.2 Å². The third kappa shape index (κ3) is 4.99. The summed E-state index contributed by atoms with van der Waals surface area (Å²) in [5.74, 6) is -1.10. The summed E-state index contributed by atoms with van der Waals surface area (Å²) in [6.07, 6.45) is -8.43. The fraction of sp³-hybridized carbons (Fsp3) is 0.571. The van der Waals surface area contributed by atoms with Crippen LogP contribution in [0.15, 0.2) is 18.2 Å². The van der Waals surface area contributed by atoms with Crippen LogP contribution in [0.25, 0.3) is 0 Å². The van der Waals surface area contributed by atoms with E-state index in [0.29, 0.717) is 26.2 Å². The van der Waals surface area contributed by atoms with E-state index in [9.17, 15) is 26.3 Å². The van der Waals surface area contributed by atoms with Crippen LogP contribution in [0, 0.1) is 5.82 Å². The monoisotopic (exact) mass is 362 g/mol. The zero-order chi connectivity index (χ0) is 16.3. The van der Waals surface area contributed by atoms with Crippen molar-refractivity contribution in [1.29, 1.82) is 0 Å². The minimum Gasteiger partial charge on any atom is -0.314 e. The van der Waals surface area contributed by atoms with Crippen LogP contribution in [0.4, 0.5) is 26.3 Å². The van der Waals surface area contributed by atoms with Crippen LogP contribution >= 0.6 is 12.4 Å². The van der Waals surface area contributed by atoms with Gasteiger partial charge in [0.2, 0.25) is 6.43 Å². The van der Waals surface area contributed by atoms with Crippen LogP contribution in [0.3, 0.4) is 0 Å². The Labute approximate surface area is 136 Å². The quantitative estimate of drug-likeness (QED) is 0.818. The van der Waals surface area contributed by atoms with Gasteiger partial charge in [0.05, 0.1) is 5.56 Å². The third-order valence-corrected chi connectivity index (χ3v) is 3.69. The summed E-state index contributed by atoms with van der Waals surface area (Å²) in [6, 6.07) is 1.27. The lowest BCUT2D eigenvalue weighted by molar-refractivity contribution is -0.139. The van der Waals surface area contributed by atoms with E-state index in [-0.39, 0.29) is 12.4 Å². The summed E-state index contributed by atoms with van der Waals surface area (Å²) in [7, 11) is 0. The Kier molecular flexibility index (Phi) is 7.16. The second-order valence-electron chi connectivity index (χ2n) is 5.13. The molecule has 1 fully saturated rings. The molecule has 9 heteroatoms. The number of alkyl halides is 5. The molecule has 0 spiro atoms. The molecule has 1 aromatic carbocycles. The van der Waals surface area contributed by atoms with Crippen molar-refractivity contribution in [3.63, 3.8) is 0 Å². The van der Waals surface area contributed by atoms with E-state index >= 15 is 0 Å². The van der Waals surface area contributed by atoms with Crippen LogP contribution in [0.1, 0.15) is 23.6 Å². The van der Waals surface area contributed by atoms with Crippen molar-refractivity contribution < 1.29 is 26.3 Å². The SMILES string of the molecule is Cl.Fc1cccc(C(F)(F)F)c1[C@@H](CC(F)F)N1CCNCC1. The number of hydrogen-bond acceptors (Lipinski definition) is 2. The minimum absolute atomic E-state index is 0. The van der Waals surface area contributed by atoms with Crippen molar-refractivity contribution >= 4 is 12.4 Å². The molecular formula is C14H17ClF6N2. The lowest BCUT2D eigenvalue weighted by Crippen LogP contribution is -2.46. The van der Waals surface area contributed by atoms with Crippen molar-refractivity contribution in [1.82, 2.24) is 10.2 Å². The van der Waals surface area contributed by atoms with Gasteiger partial charge >= 0.3 is 6.18 Å². The van der Waals surface area contributed by atoms with E-state index < -0.39 is 42.0 Å². The van der Waals surface area contributed by atoms with Gasteiger partial charge in [0, 0.05) is 44.2 Å². The molecule has 0 aromatic heterocycles. The van der Waals surface area contributed by atoms with Gasteiger partial charge in [-0.05, 0) is 12.1 Å². The normalized spacial score (nSPS) is 17.9. The van der Waals surface area contributed by atoms with E-state index in [1.807, 2.05) is 0 Å². The summed E-state index contributed by atoms with van der Waals surface area (Å²) in [5.41, 5.74) is -1.87. The van der Waals surface area contributed by atoms with Gasteiger partial charge < -0.3 is 5.32 Å². The molecule has 2 nitrogen and oxygen atoms in total. The van der Waals surface area contributed by atoms with E-state index in [1.54, 1.807) is 0 Å². The predicted molar refractivity (Wildman–Crippen MR) is 76.5 cm³/mol. The van der Waals surface area contributed by atoms with Crippen molar-refractivity contribution in [2.45, 2.75) is 25.1 Å². The third-order valence-electron chi connectivity index (χ3n) is 3.69. The maximum Gasteiger partial charge on any atom is 0.416 e. The molecule has 0 bridgehead atoms. The molecule has 2 rings (SSSR count). The predicted octanol–water partition coefficient (Wildman–Crippen LogP) is 3.87. The van der Waals surface area contributed by atoms with E-state index in [0.717, 1.165) is 18.2 Å². The Morgan fingerprint density at radius 1 is 1.13 bits per heavy atom. The second kappa shape index (κ2) is 8.21. The molecule has 1 aliphatic heterocycles. The largest absolute Gasteiger partial charge is 0.416 e. The van der Waals surface area contributed by atoms with Crippen molar-refractivity contribution in [3.8, 4) is 0 Å². The summed E-state index contributed by atoms with van der Waals surface area (Å²) in [4.78, 5) is 1.48. The standard InChI is InChI=1S/C14H16F6N2.ClH/c15-10-3-1-2-9(14(18,19)20)13(10)11(8-12(16)17)22-6-4-21-5-7-22;/h1-3,11-12,21H,4-8H2;1H/t11-;/m1./s1. The Hall–Kier alpha value is -0.990. The first-order valence-electron chi connectivity index (χ1n) is 6.89. The molecule has 0 unspecified atom stereocenters. The smallest absolute Gasteiger partial charge is 0.314 e. The summed E-state index contributed by atoms with van der Waals surface area (Å²) in [6.45, 7) is 1.52. The van der Waals surface area contributed by atoms with Gasteiger partial charge in [-0.15, -0.1) is 12.4 Å². The van der Waals surface area contributed by atoms with Gasteiger partial charge in [-0.25, -0.2) is 13.2 Å². The molecule has 1 heterocycles. The summed E-state index contributed by atoms with van der Waals surface area (Å²) in [5, 5.41) is 2.99. The molecule has 1 N–H and O–H groups in total. The van der Waals surface area contributed by atoms with E-state index in [1.165, 1.54) is 4.90 Å². The fourth-order valence-corrected chi connectivity index (χ4v) is 2.73. The van der Waals surface area contributed by atoms with Gasteiger partial charge in [0.15, 0.2) is 0 Å². The molecule has 0 radical (unpaired) electrons. The highest BCUT2D eigenvalue weighted by Gasteiger charge is 2.39. The Balaban J connectivity index is 0.00000264. The summed E-state index contributed by atoms with van der Waals surface area (Å²) >= 11 is 0. The molecule has 0 saturated carbocycles. The maximum absolute atomic E-state index is 14.0. The maximum atomic E-state index is 14.0. The van der Waals surface area contributed by atoms with Gasteiger partial charge in [-0.1, -0.05) is 6.07 Å². The van der Waals surface area contributed by atoms with Crippen LogP contribution < -0.4 is 5.32 Å². The van der Waals surface area contributed by atoms with E-state index in [2.05, 4.69) is 5.32 Å². The molecule has 1 aliphatic rings. The first kappa shape index (κ1) is 20.1. The van der Waals surface area contributed by atoms with Crippen molar-refractivity contribution in [2.24, 2.45) is 0 Å². The molecule has 0 aliphatic carbocycles. The summed E-state index contributed by atoms with van der Waals surface area (Å²) < 4.78 is 79.1. The number of nitrogens with zero attached hydrogens (tertiary/aromatic N) is 1. The van der Waals surface area contributed by atoms with Crippen LogP contribution in [0.2, 0.25) is 0 Å². The highest BCUT2D eigenvalue weighted by atomic mass is 35.5. The van der Waals surface area contributed by atoms with Crippen molar-refractivity contribution in [3.05, 3.63) is 35.1 Å². The van der Waals surface area contributed by atoms with Crippen LogP contribution in [-0.4, -0.2) is 37.5 Å². The van der Waals surface area contributed by atoms with Gasteiger partial charge in [0.25, 0.3) is 0 Å². The number of nitrogens with one attached hydrogen (secondary N) is 1. The van der Waals surface area contributed by atoms with E-state index in [4.69, 9.17) is 0 Å². The van der Waals surface area contributed by atoms with Crippen LogP contribution in [0.5, 0.6) is 0 Å². The molecular weight excluding hydrogens is 346 g/mol. The van der Waals surface area contributed by atoms with Gasteiger partial charge in [0.1, 0.15) is 5.82 Å². The van der Waals surface area contributed by atoms with Gasteiger partial charge in [-0.3, -0.25) is 4.90 Å². The van der Waals surface area contributed by atoms with Crippen LogP contribution in [-0.2, 0) is 6.18 Å². The first-order valence-corrected chi connectivity index (χ1v) is 6.89. The lowest BCUT2D eigenvalue weighted by Gasteiger charge is -2.36. The minimum atomic E-state index is -4.79. The fourth-order valence-electron chi connectivity index (χ4n) is 2.73. The number of rotatable bonds is 4.